The van der Waals surface area contributed by atoms with Crippen molar-refractivity contribution in [3.05, 3.63) is 11.8 Å². The van der Waals surface area contributed by atoms with Crippen LogP contribution in [0.25, 0.3) is 0 Å². The van der Waals surface area contributed by atoms with Gasteiger partial charge < -0.3 is 15.5 Å². The van der Waals surface area contributed by atoms with Crippen molar-refractivity contribution >= 4 is 17.7 Å². The maximum atomic E-state index is 11.8. The first kappa shape index (κ1) is 13.6. The standard InChI is InChI=1S/C13H21N5O/c1-4-14-13-15-7-9(2)12(17-13)18(3)8-11(19)16-10-5-6-10/h7,10H,4-6,8H2,1-3H3,(H,16,19)(H,14,15,17). The van der Waals surface area contributed by atoms with Gasteiger partial charge in [0.25, 0.3) is 0 Å². The van der Waals surface area contributed by atoms with Crippen LogP contribution in [0, 0.1) is 6.92 Å². The predicted molar refractivity (Wildman–Crippen MR) is 75.4 cm³/mol. The van der Waals surface area contributed by atoms with Crippen LogP contribution in [0.2, 0.25) is 0 Å². The molecule has 2 N–H and O–H groups in total. The fourth-order valence-corrected chi connectivity index (χ4v) is 1.85. The van der Waals surface area contributed by atoms with E-state index in [2.05, 4.69) is 20.6 Å². The number of anilines is 2. The average molecular weight is 263 g/mol. The van der Waals surface area contributed by atoms with Gasteiger partial charge in [0.05, 0.1) is 6.54 Å². The lowest BCUT2D eigenvalue weighted by atomic mass is 10.3. The Morgan fingerprint density at radius 2 is 2.26 bits per heavy atom. The average Bonchev–Trinajstić information content (AvgIpc) is 3.15. The van der Waals surface area contributed by atoms with Crippen molar-refractivity contribution in [2.24, 2.45) is 0 Å². The minimum absolute atomic E-state index is 0.0491. The molecule has 1 amide bonds. The second-order valence-electron chi connectivity index (χ2n) is 4.93. The van der Waals surface area contributed by atoms with E-state index in [-0.39, 0.29) is 5.91 Å². The number of hydrogen-bond donors (Lipinski definition) is 2. The number of aromatic nitrogens is 2. The van der Waals surface area contributed by atoms with Crippen molar-refractivity contribution in [1.82, 2.24) is 15.3 Å². The van der Waals surface area contributed by atoms with Gasteiger partial charge in [0.15, 0.2) is 0 Å². The summed E-state index contributed by atoms with van der Waals surface area (Å²) in [6, 6.07) is 0.393. The quantitative estimate of drug-likeness (QED) is 0.799. The predicted octanol–water partition coefficient (Wildman–Crippen LogP) is 0.932. The molecule has 1 aromatic heterocycles. The van der Waals surface area contributed by atoms with Crippen LogP contribution < -0.4 is 15.5 Å². The molecule has 104 valence electrons. The summed E-state index contributed by atoms with van der Waals surface area (Å²) in [5, 5.41) is 6.05. The highest BCUT2D eigenvalue weighted by molar-refractivity contribution is 5.81. The lowest BCUT2D eigenvalue weighted by Crippen LogP contribution is -2.37. The largest absolute Gasteiger partial charge is 0.354 e. The maximum absolute atomic E-state index is 11.8. The molecule has 1 aromatic rings. The van der Waals surface area contributed by atoms with Crippen molar-refractivity contribution in [2.75, 3.05) is 30.4 Å². The van der Waals surface area contributed by atoms with E-state index in [4.69, 9.17) is 0 Å². The normalized spacial score (nSPS) is 14.1. The van der Waals surface area contributed by atoms with Gasteiger partial charge in [-0.3, -0.25) is 4.79 Å². The maximum Gasteiger partial charge on any atom is 0.239 e. The number of carbonyl (C=O) groups is 1. The van der Waals surface area contributed by atoms with Gasteiger partial charge in [-0.1, -0.05) is 0 Å². The van der Waals surface area contributed by atoms with E-state index in [1.807, 2.05) is 25.8 Å². The molecule has 0 aromatic carbocycles. The molecule has 0 aliphatic heterocycles. The molecule has 1 fully saturated rings. The summed E-state index contributed by atoms with van der Waals surface area (Å²) in [4.78, 5) is 22.3. The Bertz CT molecular complexity index is 458. The molecule has 0 bridgehead atoms. The van der Waals surface area contributed by atoms with E-state index in [0.29, 0.717) is 18.5 Å². The van der Waals surface area contributed by atoms with Gasteiger partial charge >= 0.3 is 0 Å². The van der Waals surface area contributed by atoms with Gasteiger partial charge in [0.2, 0.25) is 11.9 Å². The van der Waals surface area contributed by atoms with Crippen molar-refractivity contribution in [2.45, 2.75) is 32.7 Å². The van der Waals surface area contributed by atoms with Crippen LogP contribution in [0.3, 0.4) is 0 Å². The van der Waals surface area contributed by atoms with E-state index in [0.717, 1.165) is 30.8 Å². The van der Waals surface area contributed by atoms with Crippen LogP contribution in [0.1, 0.15) is 25.3 Å². The summed E-state index contributed by atoms with van der Waals surface area (Å²) in [5.74, 6) is 1.43. The number of aryl methyl sites for hydroxylation is 1. The highest BCUT2D eigenvalue weighted by atomic mass is 16.2. The van der Waals surface area contributed by atoms with Crippen LogP contribution in [0.5, 0.6) is 0 Å². The van der Waals surface area contributed by atoms with Crippen LogP contribution in [0.4, 0.5) is 11.8 Å². The van der Waals surface area contributed by atoms with E-state index in [1.54, 1.807) is 6.20 Å². The zero-order valence-electron chi connectivity index (χ0n) is 11.7. The molecule has 1 saturated carbocycles. The molecule has 6 nitrogen and oxygen atoms in total. The number of rotatable bonds is 6. The smallest absolute Gasteiger partial charge is 0.239 e. The first-order valence-corrected chi connectivity index (χ1v) is 6.68. The van der Waals surface area contributed by atoms with Crippen molar-refractivity contribution < 1.29 is 4.79 Å². The molecular formula is C13H21N5O. The van der Waals surface area contributed by atoms with Crippen LogP contribution >= 0.6 is 0 Å². The highest BCUT2D eigenvalue weighted by Crippen LogP contribution is 2.19. The highest BCUT2D eigenvalue weighted by Gasteiger charge is 2.24. The van der Waals surface area contributed by atoms with Crippen LogP contribution in [-0.4, -0.2) is 42.1 Å². The Kier molecular flexibility index (Phi) is 4.19. The topological polar surface area (TPSA) is 70.2 Å². The first-order valence-electron chi connectivity index (χ1n) is 6.68. The number of amides is 1. The molecule has 0 atom stereocenters. The molecular weight excluding hydrogens is 242 g/mol. The van der Waals surface area contributed by atoms with Gasteiger partial charge in [-0.2, -0.15) is 4.98 Å². The van der Waals surface area contributed by atoms with E-state index in [9.17, 15) is 4.79 Å². The molecule has 0 saturated heterocycles. The number of hydrogen-bond acceptors (Lipinski definition) is 5. The molecule has 6 heteroatoms. The molecule has 1 aliphatic carbocycles. The second-order valence-corrected chi connectivity index (χ2v) is 4.93. The Balaban J connectivity index is 2.01. The minimum Gasteiger partial charge on any atom is -0.354 e. The summed E-state index contributed by atoms with van der Waals surface area (Å²) < 4.78 is 0. The van der Waals surface area contributed by atoms with Crippen molar-refractivity contribution in [3.8, 4) is 0 Å². The Hall–Kier alpha value is -1.85. The molecule has 2 rings (SSSR count). The third-order valence-corrected chi connectivity index (χ3v) is 2.96. The van der Waals surface area contributed by atoms with E-state index in [1.165, 1.54) is 0 Å². The lowest BCUT2D eigenvalue weighted by Gasteiger charge is -2.20. The van der Waals surface area contributed by atoms with Crippen molar-refractivity contribution in [1.29, 1.82) is 0 Å². The number of carbonyl (C=O) groups excluding carboxylic acids is 1. The molecule has 0 radical (unpaired) electrons. The Morgan fingerprint density at radius 1 is 1.53 bits per heavy atom. The van der Waals surface area contributed by atoms with Gasteiger partial charge in [-0.05, 0) is 26.7 Å². The zero-order valence-corrected chi connectivity index (χ0v) is 11.7. The third-order valence-electron chi connectivity index (χ3n) is 2.96. The second kappa shape index (κ2) is 5.86. The summed E-state index contributed by atoms with van der Waals surface area (Å²) in [5.41, 5.74) is 0.961. The lowest BCUT2D eigenvalue weighted by molar-refractivity contribution is -0.119. The first-order chi connectivity index (χ1) is 9.10. The molecule has 19 heavy (non-hydrogen) atoms. The molecule has 0 spiro atoms. The van der Waals surface area contributed by atoms with Crippen molar-refractivity contribution in [3.63, 3.8) is 0 Å². The summed E-state index contributed by atoms with van der Waals surface area (Å²) in [6.45, 7) is 5.03. The van der Waals surface area contributed by atoms with Gasteiger partial charge in [0.1, 0.15) is 5.82 Å². The summed E-state index contributed by atoms with van der Waals surface area (Å²) >= 11 is 0. The fourth-order valence-electron chi connectivity index (χ4n) is 1.85. The third kappa shape index (κ3) is 3.81. The van der Waals surface area contributed by atoms with Crippen LogP contribution in [0.15, 0.2) is 6.20 Å². The van der Waals surface area contributed by atoms with E-state index < -0.39 is 0 Å². The minimum atomic E-state index is 0.0491. The Morgan fingerprint density at radius 3 is 2.89 bits per heavy atom. The van der Waals surface area contributed by atoms with Gasteiger partial charge in [-0.25, -0.2) is 4.98 Å². The van der Waals surface area contributed by atoms with Gasteiger partial charge in [-0.15, -0.1) is 0 Å². The van der Waals surface area contributed by atoms with Crippen LogP contribution in [-0.2, 0) is 4.79 Å². The fraction of sp³-hybridized carbons (Fsp3) is 0.615. The van der Waals surface area contributed by atoms with E-state index >= 15 is 0 Å². The molecule has 1 heterocycles. The summed E-state index contributed by atoms with van der Waals surface area (Å²) in [7, 11) is 1.87. The Labute approximate surface area is 113 Å². The van der Waals surface area contributed by atoms with Gasteiger partial charge in [0, 0.05) is 31.4 Å². The SMILES string of the molecule is CCNc1ncc(C)c(N(C)CC(=O)NC2CC2)n1. The summed E-state index contributed by atoms with van der Waals surface area (Å²) in [6.07, 6.45) is 3.98. The molecule has 0 unspecified atom stereocenters. The number of likely N-dealkylation sites (N-methyl/N-ethyl adjacent to an activating group) is 1. The molecule has 1 aliphatic rings. The number of nitrogens with zero attached hydrogens (tertiary/aromatic N) is 3. The number of nitrogens with one attached hydrogen (secondary N) is 2. The zero-order chi connectivity index (χ0) is 13.8. The monoisotopic (exact) mass is 263 g/mol.